The minimum atomic E-state index is 0.163. The summed E-state index contributed by atoms with van der Waals surface area (Å²) in [7, 11) is 0. The van der Waals surface area contributed by atoms with E-state index in [2.05, 4.69) is 11.4 Å². The highest BCUT2D eigenvalue weighted by Crippen LogP contribution is 2.32. The van der Waals surface area contributed by atoms with Crippen LogP contribution in [0.1, 0.15) is 11.1 Å². The molecule has 2 aromatic rings. The van der Waals surface area contributed by atoms with Crippen molar-refractivity contribution in [1.82, 2.24) is 5.32 Å². The highest BCUT2D eigenvalue weighted by molar-refractivity contribution is 6.30. The molecule has 1 aliphatic rings. The van der Waals surface area contributed by atoms with Crippen LogP contribution in [-0.2, 0) is 6.61 Å². The summed E-state index contributed by atoms with van der Waals surface area (Å²) in [6.07, 6.45) is 0.163. The van der Waals surface area contributed by atoms with Crippen molar-refractivity contribution in [2.24, 2.45) is 0 Å². The van der Waals surface area contributed by atoms with Crippen molar-refractivity contribution < 1.29 is 9.47 Å². The molecule has 4 nitrogen and oxygen atoms in total. The maximum absolute atomic E-state index is 8.80. The van der Waals surface area contributed by atoms with Gasteiger partial charge in [0.25, 0.3) is 0 Å². The number of nitriles is 1. The molecule has 0 saturated carbocycles. The van der Waals surface area contributed by atoms with Crippen LogP contribution in [0.5, 0.6) is 11.5 Å². The van der Waals surface area contributed by atoms with E-state index in [4.69, 9.17) is 26.3 Å². The fraction of sp³-hybridized carbons (Fsp3) is 0.235. The predicted molar refractivity (Wildman–Crippen MR) is 84.2 cm³/mol. The Morgan fingerprint density at radius 2 is 1.91 bits per heavy atom. The first-order chi connectivity index (χ1) is 10.7. The average Bonchev–Trinajstić information content (AvgIpc) is 2.50. The standard InChI is InChI=1S/C17H15ClN2O2/c18-14-5-6-16(17(7-14)22-15-9-20-10-15)21-11-13-3-1-12(8-19)2-4-13/h1-7,15,20H,9-11H2. The normalized spacial score (nSPS) is 14.0. The van der Waals surface area contributed by atoms with Crippen molar-refractivity contribution in [2.45, 2.75) is 12.7 Å². The first-order valence-corrected chi connectivity index (χ1v) is 7.41. The van der Waals surface area contributed by atoms with Crippen LogP contribution in [0.3, 0.4) is 0 Å². The Bertz CT molecular complexity index is 691. The zero-order valence-electron chi connectivity index (χ0n) is 11.9. The quantitative estimate of drug-likeness (QED) is 0.921. The Morgan fingerprint density at radius 3 is 2.55 bits per heavy atom. The van der Waals surface area contributed by atoms with Gasteiger partial charge in [-0.05, 0) is 29.8 Å². The molecule has 0 bridgehead atoms. The molecule has 0 spiro atoms. The van der Waals surface area contributed by atoms with Crippen molar-refractivity contribution in [1.29, 1.82) is 5.26 Å². The maximum Gasteiger partial charge on any atom is 0.163 e. The molecule has 1 N–H and O–H groups in total. The number of hydrogen-bond donors (Lipinski definition) is 1. The monoisotopic (exact) mass is 314 g/mol. The molecule has 0 aromatic heterocycles. The van der Waals surface area contributed by atoms with Gasteiger partial charge in [-0.25, -0.2) is 0 Å². The number of ether oxygens (including phenoxy) is 2. The van der Waals surface area contributed by atoms with E-state index in [-0.39, 0.29) is 6.10 Å². The molecule has 0 unspecified atom stereocenters. The summed E-state index contributed by atoms with van der Waals surface area (Å²) >= 11 is 6.03. The number of hydrogen-bond acceptors (Lipinski definition) is 4. The van der Waals surface area contributed by atoms with E-state index in [0.29, 0.717) is 28.7 Å². The van der Waals surface area contributed by atoms with Gasteiger partial charge in [0.2, 0.25) is 0 Å². The van der Waals surface area contributed by atoms with Crippen molar-refractivity contribution in [3.63, 3.8) is 0 Å². The van der Waals surface area contributed by atoms with Crippen LogP contribution in [0.15, 0.2) is 42.5 Å². The lowest BCUT2D eigenvalue weighted by atomic mass is 10.1. The Hall–Kier alpha value is -2.22. The number of nitrogens with zero attached hydrogens (tertiary/aromatic N) is 1. The second kappa shape index (κ2) is 6.69. The van der Waals surface area contributed by atoms with E-state index < -0.39 is 0 Å². The van der Waals surface area contributed by atoms with Gasteiger partial charge in [0.05, 0.1) is 11.6 Å². The molecule has 112 valence electrons. The largest absolute Gasteiger partial charge is 0.485 e. The molecule has 1 heterocycles. The number of benzene rings is 2. The lowest BCUT2D eigenvalue weighted by molar-refractivity contribution is 0.134. The van der Waals surface area contributed by atoms with Crippen LogP contribution in [-0.4, -0.2) is 19.2 Å². The van der Waals surface area contributed by atoms with Gasteiger partial charge in [-0.15, -0.1) is 0 Å². The second-order valence-electron chi connectivity index (χ2n) is 5.09. The zero-order valence-corrected chi connectivity index (χ0v) is 12.6. The van der Waals surface area contributed by atoms with E-state index in [1.807, 2.05) is 18.2 Å². The van der Waals surface area contributed by atoms with Crippen LogP contribution in [0.2, 0.25) is 5.02 Å². The van der Waals surface area contributed by atoms with Crippen LogP contribution < -0.4 is 14.8 Å². The Labute approximate surface area is 134 Å². The predicted octanol–water partition coefficient (Wildman–Crippen LogP) is 3.14. The highest BCUT2D eigenvalue weighted by atomic mass is 35.5. The molecule has 5 heteroatoms. The summed E-state index contributed by atoms with van der Waals surface area (Å²) < 4.78 is 11.7. The number of nitrogens with one attached hydrogen (secondary N) is 1. The third kappa shape index (κ3) is 3.51. The summed E-state index contributed by atoms with van der Waals surface area (Å²) in [6.45, 7) is 2.08. The van der Waals surface area contributed by atoms with Crippen LogP contribution in [0, 0.1) is 11.3 Å². The SMILES string of the molecule is N#Cc1ccc(COc2ccc(Cl)cc2OC2CNC2)cc1. The van der Waals surface area contributed by atoms with Gasteiger partial charge in [0.1, 0.15) is 12.7 Å². The highest BCUT2D eigenvalue weighted by Gasteiger charge is 2.20. The van der Waals surface area contributed by atoms with Gasteiger partial charge < -0.3 is 14.8 Å². The summed E-state index contributed by atoms with van der Waals surface area (Å²) in [5.41, 5.74) is 1.63. The molecule has 0 aliphatic carbocycles. The molecule has 0 amide bonds. The van der Waals surface area contributed by atoms with Gasteiger partial charge in [-0.1, -0.05) is 23.7 Å². The molecule has 3 rings (SSSR count). The van der Waals surface area contributed by atoms with Crippen molar-refractivity contribution in [2.75, 3.05) is 13.1 Å². The van der Waals surface area contributed by atoms with E-state index in [1.54, 1.807) is 24.3 Å². The lowest BCUT2D eigenvalue weighted by Crippen LogP contribution is -2.50. The van der Waals surface area contributed by atoms with Gasteiger partial charge in [0, 0.05) is 24.2 Å². The number of rotatable bonds is 5. The average molecular weight is 315 g/mol. The van der Waals surface area contributed by atoms with Crippen LogP contribution >= 0.6 is 11.6 Å². The minimum Gasteiger partial charge on any atom is -0.485 e. The molecule has 0 atom stereocenters. The summed E-state index contributed by atoms with van der Waals surface area (Å²) in [4.78, 5) is 0. The molecule has 22 heavy (non-hydrogen) atoms. The van der Waals surface area contributed by atoms with E-state index in [1.165, 1.54) is 0 Å². The van der Waals surface area contributed by atoms with Gasteiger partial charge >= 0.3 is 0 Å². The summed E-state index contributed by atoms with van der Waals surface area (Å²) in [5.74, 6) is 1.33. The molecular formula is C17H15ClN2O2. The third-order valence-corrected chi connectivity index (χ3v) is 3.66. The topological polar surface area (TPSA) is 54.3 Å². The zero-order chi connectivity index (χ0) is 15.4. The van der Waals surface area contributed by atoms with Crippen LogP contribution in [0.25, 0.3) is 0 Å². The molecule has 1 saturated heterocycles. The Balaban J connectivity index is 1.69. The van der Waals surface area contributed by atoms with E-state index >= 15 is 0 Å². The van der Waals surface area contributed by atoms with E-state index in [9.17, 15) is 0 Å². The third-order valence-electron chi connectivity index (χ3n) is 3.42. The first kappa shape index (κ1) is 14.7. The number of halogens is 1. The Morgan fingerprint density at radius 1 is 1.14 bits per heavy atom. The summed E-state index contributed by atoms with van der Waals surface area (Å²) in [5, 5.41) is 12.6. The first-order valence-electron chi connectivity index (χ1n) is 7.03. The molecule has 0 radical (unpaired) electrons. The van der Waals surface area contributed by atoms with Crippen molar-refractivity contribution >= 4 is 11.6 Å². The van der Waals surface area contributed by atoms with Crippen molar-refractivity contribution in [3.8, 4) is 17.6 Å². The molecule has 2 aromatic carbocycles. The molecule has 1 fully saturated rings. The maximum atomic E-state index is 8.80. The molecular weight excluding hydrogens is 300 g/mol. The fourth-order valence-corrected chi connectivity index (χ4v) is 2.22. The molecule has 1 aliphatic heterocycles. The van der Waals surface area contributed by atoms with Gasteiger partial charge in [0.15, 0.2) is 11.5 Å². The second-order valence-corrected chi connectivity index (χ2v) is 5.52. The summed E-state index contributed by atoms with van der Waals surface area (Å²) in [6, 6.07) is 14.8. The fourth-order valence-electron chi connectivity index (χ4n) is 2.05. The van der Waals surface area contributed by atoms with Gasteiger partial charge in [-0.2, -0.15) is 5.26 Å². The minimum absolute atomic E-state index is 0.163. The lowest BCUT2D eigenvalue weighted by Gasteiger charge is -2.28. The smallest absolute Gasteiger partial charge is 0.163 e. The van der Waals surface area contributed by atoms with E-state index in [0.717, 1.165) is 18.7 Å². The van der Waals surface area contributed by atoms with Crippen LogP contribution in [0.4, 0.5) is 0 Å². The Kier molecular flexibility index (Phi) is 4.47. The van der Waals surface area contributed by atoms with Crippen molar-refractivity contribution in [3.05, 3.63) is 58.6 Å². The van der Waals surface area contributed by atoms with Gasteiger partial charge in [-0.3, -0.25) is 0 Å².